The summed E-state index contributed by atoms with van der Waals surface area (Å²) < 4.78 is 0. The highest BCUT2D eigenvalue weighted by Gasteiger charge is 2.55. The Morgan fingerprint density at radius 3 is 2.36 bits per heavy atom. The Morgan fingerprint density at radius 2 is 1.82 bits per heavy atom. The third-order valence-electron chi connectivity index (χ3n) is 6.12. The molecule has 1 saturated heterocycles. The lowest BCUT2D eigenvalue weighted by Gasteiger charge is -2.56. The van der Waals surface area contributed by atoms with Gasteiger partial charge in [-0.25, -0.2) is 0 Å². The molecule has 1 aliphatic heterocycles. The van der Waals surface area contributed by atoms with Crippen LogP contribution in [0.3, 0.4) is 0 Å². The van der Waals surface area contributed by atoms with Crippen molar-refractivity contribution in [3.63, 3.8) is 0 Å². The summed E-state index contributed by atoms with van der Waals surface area (Å²) in [6.07, 6.45) is 3.55. The smallest absolute Gasteiger partial charge is 0.124 e. The Morgan fingerprint density at radius 1 is 1.18 bits per heavy atom. The van der Waals surface area contributed by atoms with Gasteiger partial charge >= 0.3 is 0 Å². The molecule has 0 spiro atoms. The van der Waals surface area contributed by atoms with Crippen LogP contribution in [0, 0.1) is 5.41 Å². The molecule has 1 aromatic carbocycles. The average Bonchev–Trinajstić information content (AvgIpc) is 2.66. The van der Waals surface area contributed by atoms with E-state index >= 15 is 0 Å². The standard InChI is InChI=1S/C23H33N3O2/c1-17(2)18-6-8-19(9-7-18)23(28,22(3)15-25(4)16-22)20-12-21(14-24-13-20)26(5)10-11-27/h6-9,12-14,17,27-28H,10-11,15-16H2,1-5H3/t23-/m0/s1. The van der Waals surface area contributed by atoms with Crippen molar-refractivity contribution in [3.8, 4) is 0 Å². The molecule has 2 N–H and O–H groups in total. The number of nitrogens with zero attached hydrogens (tertiary/aromatic N) is 3. The van der Waals surface area contributed by atoms with Crippen LogP contribution in [0.5, 0.6) is 0 Å². The number of rotatable bonds is 7. The number of aliphatic hydroxyl groups excluding tert-OH is 1. The van der Waals surface area contributed by atoms with E-state index in [-0.39, 0.29) is 12.0 Å². The van der Waals surface area contributed by atoms with Crippen LogP contribution in [0.4, 0.5) is 5.69 Å². The Hall–Kier alpha value is -1.95. The molecule has 1 aliphatic rings. The van der Waals surface area contributed by atoms with Gasteiger partial charge in [0.05, 0.1) is 18.5 Å². The maximum atomic E-state index is 12.2. The quantitative estimate of drug-likeness (QED) is 0.770. The van der Waals surface area contributed by atoms with Crippen molar-refractivity contribution in [3.05, 3.63) is 59.4 Å². The van der Waals surface area contributed by atoms with E-state index in [2.05, 4.69) is 62.0 Å². The van der Waals surface area contributed by atoms with E-state index in [0.717, 1.165) is 29.9 Å². The first-order chi connectivity index (χ1) is 13.2. The molecule has 5 nitrogen and oxygen atoms in total. The summed E-state index contributed by atoms with van der Waals surface area (Å²) in [5, 5.41) is 21.4. The molecular formula is C23H33N3O2. The first kappa shape index (κ1) is 20.8. The largest absolute Gasteiger partial charge is 0.395 e. The van der Waals surface area contributed by atoms with E-state index in [1.807, 2.05) is 18.0 Å². The minimum absolute atomic E-state index is 0.0736. The van der Waals surface area contributed by atoms with Crippen LogP contribution in [0.25, 0.3) is 0 Å². The Kier molecular flexibility index (Phi) is 5.80. The van der Waals surface area contributed by atoms with Crippen molar-refractivity contribution < 1.29 is 10.2 Å². The van der Waals surface area contributed by atoms with Crippen LogP contribution in [0.2, 0.25) is 0 Å². The molecule has 1 fully saturated rings. The van der Waals surface area contributed by atoms with Crippen molar-refractivity contribution in [1.82, 2.24) is 9.88 Å². The lowest BCUT2D eigenvalue weighted by molar-refractivity contribution is -0.127. The summed E-state index contributed by atoms with van der Waals surface area (Å²) in [5.41, 5.74) is 2.39. The van der Waals surface area contributed by atoms with Crippen molar-refractivity contribution in [1.29, 1.82) is 0 Å². The second kappa shape index (κ2) is 7.82. The summed E-state index contributed by atoms with van der Waals surface area (Å²) >= 11 is 0. The molecule has 28 heavy (non-hydrogen) atoms. The normalized spacial score (nSPS) is 18.6. The summed E-state index contributed by atoms with van der Waals surface area (Å²) in [5.74, 6) is 0.449. The number of pyridine rings is 1. The first-order valence-corrected chi connectivity index (χ1v) is 10.00. The van der Waals surface area contributed by atoms with E-state index in [9.17, 15) is 10.2 Å². The molecule has 0 radical (unpaired) electrons. The number of anilines is 1. The van der Waals surface area contributed by atoms with Gasteiger partial charge in [-0.15, -0.1) is 0 Å². The van der Waals surface area contributed by atoms with Crippen LogP contribution in [0.1, 0.15) is 43.4 Å². The van der Waals surface area contributed by atoms with Gasteiger partial charge in [0.15, 0.2) is 0 Å². The van der Waals surface area contributed by atoms with Gasteiger partial charge in [-0.2, -0.15) is 0 Å². The van der Waals surface area contributed by atoms with E-state index in [0.29, 0.717) is 12.5 Å². The lowest BCUT2D eigenvalue weighted by Crippen LogP contribution is -2.63. The fourth-order valence-electron chi connectivity index (χ4n) is 4.46. The van der Waals surface area contributed by atoms with Crippen LogP contribution in [-0.2, 0) is 5.60 Å². The zero-order valence-electron chi connectivity index (χ0n) is 17.7. The third kappa shape index (κ3) is 3.54. The molecule has 1 atom stereocenters. The molecule has 0 amide bonds. The van der Waals surface area contributed by atoms with Crippen LogP contribution >= 0.6 is 0 Å². The molecular weight excluding hydrogens is 350 g/mol. The van der Waals surface area contributed by atoms with Gasteiger partial charge in [0, 0.05) is 43.9 Å². The van der Waals surface area contributed by atoms with Gasteiger partial charge in [0.2, 0.25) is 0 Å². The number of likely N-dealkylation sites (N-methyl/N-ethyl adjacent to an activating group) is 1. The predicted molar refractivity (Wildman–Crippen MR) is 114 cm³/mol. The Bertz CT molecular complexity index is 800. The topological polar surface area (TPSA) is 59.8 Å². The maximum Gasteiger partial charge on any atom is 0.124 e. The Balaban J connectivity index is 2.09. The molecule has 2 heterocycles. The molecule has 0 unspecified atom stereocenters. The SMILES string of the molecule is CC(C)c1ccc([C@](O)(c2cncc(N(C)CCO)c2)C2(C)CN(C)C2)cc1. The molecule has 0 aliphatic carbocycles. The van der Waals surface area contributed by atoms with Crippen molar-refractivity contribution >= 4 is 5.69 Å². The fraction of sp³-hybridized carbons (Fsp3) is 0.522. The molecule has 0 saturated carbocycles. The van der Waals surface area contributed by atoms with Gasteiger partial charge in [-0.05, 0) is 30.2 Å². The highest BCUT2D eigenvalue weighted by atomic mass is 16.3. The van der Waals surface area contributed by atoms with Gasteiger partial charge in [-0.3, -0.25) is 4.98 Å². The number of aliphatic hydroxyl groups is 2. The summed E-state index contributed by atoms with van der Waals surface area (Å²) in [6, 6.07) is 10.4. The van der Waals surface area contributed by atoms with E-state index < -0.39 is 5.60 Å². The summed E-state index contributed by atoms with van der Waals surface area (Å²) in [4.78, 5) is 8.60. The monoisotopic (exact) mass is 383 g/mol. The molecule has 152 valence electrons. The average molecular weight is 384 g/mol. The van der Waals surface area contributed by atoms with Crippen molar-refractivity contribution in [2.24, 2.45) is 5.41 Å². The second-order valence-corrected chi connectivity index (χ2v) is 8.80. The first-order valence-electron chi connectivity index (χ1n) is 10.00. The number of aromatic nitrogens is 1. The maximum absolute atomic E-state index is 12.2. The fourth-order valence-corrected chi connectivity index (χ4v) is 4.46. The van der Waals surface area contributed by atoms with Gasteiger partial charge < -0.3 is 20.0 Å². The van der Waals surface area contributed by atoms with Crippen LogP contribution < -0.4 is 4.90 Å². The zero-order chi connectivity index (χ0) is 20.5. The predicted octanol–water partition coefficient (Wildman–Crippen LogP) is 2.82. The Labute approximate surface area is 168 Å². The minimum atomic E-state index is -1.14. The van der Waals surface area contributed by atoms with Crippen LogP contribution in [-0.4, -0.2) is 60.4 Å². The number of hydrogen-bond acceptors (Lipinski definition) is 5. The molecule has 1 aromatic heterocycles. The molecule has 3 rings (SSSR count). The van der Waals surface area contributed by atoms with Gasteiger partial charge in [-0.1, -0.05) is 45.0 Å². The number of likely N-dealkylation sites (tertiary alicyclic amines) is 1. The van der Waals surface area contributed by atoms with E-state index in [1.165, 1.54) is 5.56 Å². The number of benzene rings is 1. The van der Waals surface area contributed by atoms with Crippen molar-refractivity contribution in [2.45, 2.75) is 32.3 Å². The lowest BCUT2D eigenvalue weighted by atomic mass is 9.62. The highest BCUT2D eigenvalue weighted by Crippen LogP contribution is 2.50. The number of hydrogen-bond donors (Lipinski definition) is 2. The highest BCUT2D eigenvalue weighted by molar-refractivity contribution is 5.50. The summed E-state index contributed by atoms with van der Waals surface area (Å²) in [7, 11) is 4.00. The van der Waals surface area contributed by atoms with E-state index in [4.69, 9.17) is 0 Å². The van der Waals surface area contributed by atoms with Gasteiger partial charge in [0.25, 0.3) is 0 Å². The molecule has 2 aromatic rings. The van der Waals surface area contributed by atoms with Crippen LogP contribution in [0.15, 0.2) is 42.7 Å². The second-order valence-electron chi connectivity index (χ2n) is 8.80. The molecule has 0 bridgehead atoms. The summed E-state index contributed by atoms with van der Waals surface area (Å²) in [6.45, 7) is 8.71. The minimum Gasteiger partial charge on any atom is -0.395 e. The third-order valence-corrected chi connectivity index (χ3v) is 6.12. The van der Waals surface area contributed by atoms with E-state index in [1.54, 1.807) is 12.4 Å². The zero-order valence-corrected chi connectivity index (χ0v) is 17.7. The van der Waals surface area contributed by atoms with Crippen molar-refractivity contribution in [2.75, 3.05) is 45.2 Å². The molecule has 5 heteroatoms. The van der Waals surface area contributed by atoms with Gasteiger partial charge in [0.1, 0.15) is 5.60 Å².